The largest absolute Gasteiger partial charge is 0.512 e. The average Bonchev–Trinajstić information content (AvgIpc) is 3.99. The predicted molar refractivity (Wildman–Crippen MR) is 218 cm³/mol. The van der Waals surface area contributed by atoms with Gasteiger partial charge in [0.25, 0.3) is 0 Å². The summed E-state index contributed by atoms with van der Waals surface area (Å²) in [5.41, 5.74) is 7.25. The monoisotopic (exact) mass is 723 g/mol. The number of piperazine rings is 1. The molecule has 3 aliphatic carbocycles. The molecule has 1 aromatic rings. The SMILES string of the molecule is CC.CC.CCCOCCNCC1(COc2nc(CNC3=CCC(O)=CC4=C3C(CC)=CCC[C@H]4C)c(CC)c(N3CCNC(CCC)C3)n2)CC1. The van der Waals surface area contributed by atoms with Gasteiger partial charge in [-0.2, -0.15) is 9.97 Å². The van der Waals surface area contributed by atoms with Crippen LogP contribution in [-0.4, -0.2) is 73.7 Å². The minimum atomic E-state index is 0.138. The first-order valence-electron chi connectivity index (χ1n) is 21.0. The number of aromatic nitrogens is 2. The third-order valence-electron chi connectivity index (χ3n) is 10.4. The summed E-state index contributed by atoms with van der Waals surface area (Å²) in [5, 5.41) is 21.9. The van der Waals surface area contributed by atoms with Crippen LogP contribution < -0.4 is 25.6 Å². The van der Waals surface area contributed by atoms with Gasteiger partial charge in [-0.1, -0.05) is 80.9 Å². The first-order chi connectivity index (χ1) is 25.4. The number of ether oxygens (including phenoxy) is 2. The number of anilines is 1. The zero-order chi connectivity index (χ0) is 37.9. The number of hydrogen-bond acceptors (Lipinski definition) is 9. The van der Waals surface area contributed by atoms with Crippen LogP contribution in [0.3, 0.4) is 0 Å². The van der Waals surface area contributed by atoms with Gasteiger partial charge in [0, 0.05) is 74.0 Å². The van der Waals surface area contributed by atoms with Gasteiger partial charge in [0.2, 0.25) is 0 Å². The molecular weight excluding hydrogens is 649 g/mol. The molecule has 2 heterocycles. The molecule has 294 valence electrons. The van der Waals surface area contributed by atoms with Crippen molar-refractivity contribution in [2.45, 2.75) is 139 Å². The second-order valence-corrected chi connectivity index (χ2v) is 14.3. The highest BCUT2D eigenvalue weighted by Crippen LogP contribution is 2.45. The van der Waals surface area contributed by atoms with E-state index in [0.29, 0.717) is 43.3 Å². The maximum Gasteiger partial charge on any atom is 0.318 e. The first kappa shape index (κ1) is 43.5. The van der Waals surface area contributed by atoms with E-state index in [9.17, 15) is 5.11 Å². The predicted octanol–water partition coefficient (Wildman–Crippen LogP) is 8.73. The van der Waals surface area contributed by atoms with Crippen LogP contribution in [-0.2, 0) is 17.7 Å². The highest BCUT2D eigenvalue weighted by molar-refractivity contribution is 5.56. The van der Waals surface area contributed by atoms with Gasteiger partial charge in [0.05, 0.1) is 31.2 Å². The van der Waals surface area contributed by atoms with Gasteiger partial charge in [-0.05, 0) is 74.5 Å². The van der Waals surface area contributed by atoms with Crippen molar-refractivity contribution in [1.29, 1.82) is 0 Å². The number of rotatable bonds is 18. The van der Waals surface area contributed by atoms with E-state index >= 15 is 0 Å². The van der Waals surface area contributed by atoms with Crippen LogP contribution in [0.5, 0.6) is 6.01 Å². The third-order valence-corrected chi connectivity index (χ3v) is 10.4. The molecule has 1 saturated carbocycles. The van der Waals surface area contributed by atoms with Gasteiger partial charge in [-0.25, -0.2) is 0 Å². The van der Waals surface area contributed by atoms with Crippen LogP contribution in [0.4, 0.5) is 5.82 Å². The van der Waals surface area contributed by atoms with Crippen molar-refractivity contribution in [3.63, 3.8) is 0 Å². The average molecular weight is 723 g/mol. The fourth-order valence-electron chi connectivity index (χ4n) is 7.35. The van der Waals surface area contributed by atoms with E-state index < -0.39 is 0 Å². The van der Waals surface area contributed by atoms with Gasteiger partial charge in [-0.15, -0.1) is 0 Å². The Morgan fingerprint density at radius 1 is 1.02 bits per heavy atom. The Morgan fingerprint density at radius 3 is 2.50 bits per heavy atom. The van der Waals surface area contributed by atoms with Gasteiger partial charge < -0.3 is 35.4 Å². The van der Waals surface area contributed by atoms with Crippen molar-refractivity contribution in [3.8, 4) is 6.01 Å². The minimum Gasteiger partial charge on any atom is -0.512 e. The van der Waals surface area contributed by atoms with E-state index in [2.05, 4.69) is 67.6 Å². The molecule has 0 radical (unpaired) electrons. The maximum absolute atomic E-state index is 10.8. The highest BCUT2D eigenvalue weighted by Gasteiger charge is 2.43. The Hall–Kier alpha value is -2.88. The Labute approximate surface area is 317 Å². The van der Waals surface area contributed by atoms with Crippen LogP contribution in [0.15, 0.2) is 46.4 Å². The Morgan fingerprint density at radius 2 is 1.81 bits per heavy atom. The Bertz CT molecular complexity index is 1350. The molecule has 2 fully saturated rings. The van der Waals surface area contributed by atoms with E-state index in [1.54, 1.807) is 0 Å². The molecule has 9 heteroatoms. The zero-order valence-corrected chi connectivity index (χ0v) is 34.4. The number of aliphatic hydroxyl groups excluding tert-OH is 1. The van der Waals surface area contributed by atoms with Crippen molar-refractivity contribution >= 4 is 5.82 Å². The molecule has 2 atom stereocenters. The van der Waals surface area contributed by atoms with Gasteiger partial charge in [0.1, 0.15) is 5.82 Å². The molecule has 1 unspecified atom stereocenters. The number of aliphatic hydroxyl groups is 1. The summed E-state index contributed by atoms with van der Waals surface area (Å²) in [6, 6.07) is 0.933. The molecule has 1 aliphatic heterocycles. The Kier molecular flexibility index (Phi) is 19.3. The first-order valence-corrected chi connectivity index (χ1v) is 21.0. The molecule has 1 aromatic heterocycles. The van der Waals surface area contributed by atoms with Crippen LogP contribution in [0.25, 0.3) is 0 Å². The van der Waals surface area contributed by atoms with Crippen LogP contribution in [0.1, 0.15) is 131 Å². The van der Waals surface area contributed by atoms with Crippen molar-refractivity contribution < 1.29 is 14.6 Å². The van der Waals surface area contributed by atoms with Crippen LogP contribution in [0, 0.1) is 11.3 Å². The van der Waals surface area contributed by atoms with Crippen molar-refractivity contribution in [3.05, 3.63) is 57.7 Å². The summed E-state index contributed by atoms with van der Waals surface area (Å²) < 4.78 is 12.2. The second kappa shape index (κ2) is 23.0. The van der Waals surface area contributed by atoms with E-state index in [0.717, 1.165) is 121 Å². The summed E-state index contributed by atoms with van der Waals surface area (Å²) in [6.45, 7) is 26.5. The van der Waals surface area contributed by atoms with Gasteiger partial charge >= 0.3 is 6.01 Å². The van der Waals surface area contributed by atoms with Crippen LogP contribution >= 0.6 is 0 Å². The molecule has 4 aliphatic rings. The normalized spacial score (nSPS) is 20.8. The second-order valence-electron chi connectivity index (χ2n) is 14.3. The fourth-order valence-corrected chi connectivity index (χ4v) is 7.35. The smallest absolute Gasteiger partial charge is 0.318 e. The molecule has 0 amide bonds. The molecule has 0 aromatic carbocycles. The fraction of sp³-hybridized carbons (Fsp3) is 0.721. The van der Waals surface area contributed by atoms with E-state index in [1.165, 1.54) is 22.3 Å². The number of nitrogens with zero attached hydrogens (tertiary/aromatic N) is 3. The summed E-state index contributed by atoms with van der Waals surface area (Å²) in [4.78, 5) is 12.7. The van der Waals surface area contributed by atoms with Gasteiger partial charge in [0.15, 0.2) is 0 Å². The summed E-state index contributed by atoms with van der Waals surface area (Å²) in [7, 11) is 0. The van der Waals surface area contributed by atoms with Crippen molar-refractivity contribution in [2.24, 2.45) is 11.3 Å². The Balaban J connectivity index is 0.00000176. The van der Waals surface area contributed by atoms with E-state index in [1.807, 2.05) is 33.8 Å². The molecular formula is C43H74N6O3. The standard InChI is InChI=1S/C39H62N6O3.2C2H6/c1-6-11-30-25-45(20-18-41-30)37-32(9-4)35(43-38(44-37)48-27-39(16-17-39)26-40-19-22-47-21-7-2)24-42-34-15-14-31(46)23-33-28(5)12-10-13-29(8-3)36(33)34;2*1-2/h13,15,23,28,30,40-42,46H,6-12,14,16-22,24-27H2,1-5H3;2*1-2H3/t28-,30?;;/m1../s1. The summed E-state index contributed by atoms with van der Waals surface area (Å²) in [6.07, 6.45) is 16.7. The van der Waals surface area contributed by atoms with E-state index in [-0.39, 0.29) is 5.41 Å². The van der Waals surface area contributed by atoms with Crippen molar-refractivity contribution in [2.75, 3.05) is 57.4 Å². The number of hydrogen-bond donors (Lipinski definition) is 4. The highest BCUT2D eigenvalue weighted by atomic mass is 16.5. The lowest BCUT2D eigenvalue weighted by atomic mass is 9.89. The third kappa shape index (κ3) is 12.3. The molecule has 9 nitrogen and oxygen atoms in total. The summed E-state index contributed by atoms with van der Waals surface area (Å²) in [5.74, 6) is 1.82. The molecule has 5 rings (SSSR count). The number of nitrogens with one attached hydrogen (secondary N) is 3. The lowest BCUT2D eigenvalue weighted by Crippen LogP contribution is -2.51. The quantitative estimate of drug-likeness (QED) is 0.111. The lowest BCUT2D eigenvalue weighted by Gasteiger charge is -2.36. The van der Waals surface area contributed by atoms with Gasteiger partial charge in [-0.3, -0.25) is 0 Å². The van der Waals surface area contributed by atoms with Crippen molar-refractivity contribution in [1.82, 2.24) is 25.9 Å². The minimum absolute atomic E-state index is 0.138. The summed E-state index contributed by atoms with van der Waals surface area (Å²) >= 11 is 0. The molecule has 1 saturated heterocycles. The van der Waals surface area contributed by atoms with E-state index in [4.69, 9.17) is 19.4 Å². The molecule has 0 spiro atoms. The van der Waals surface area contributed by atoms with Crippen LogP contribution in [0.2, 0.25) is 0 Å². The molecule has 4 N–H and O–H groups in total. The zero-order valence-electron chi connectivity index (χ0n) is 34.4. The lowest BCUT2D eigenvalue weighted by molar-refractivity contribution is 0.133. The number of allylic oxidation sites excluding steroid dienone is 5. The molecule has 52 heavy (non-hydrogen) atoms. The molecule has 0 bridgehead atoms. The maximum atomic E-state index is 10.8. The topological polar surface area (TPSA) is 104 Å².